The van der Waals surface area contributed by atoms with Crippen LogP contribution in [0.25, 0.3) is 5.82 Å². The van der Waals surface area contributed by atoms with Gasteiger partial charge in [-0.15, -0.1) is 16.4 Å². The van der Waals surface area contributed by atoms with Crippen molar-refractivity contribution in [3.05, 3.63) is 34.2 Å². The van der Waals surface area contributed by atoms with Gasteiger partial charge in [0.1, 0.15) is 12.0 Å². The lowest BCUT2D eigenvalue weighted by molar-refractivity contribution is 0.0791. The first-order valence-electron chi connectivity index (χ1n) is 6.58. The van der Waals surface area contributed by atoms with Crippen molar-refractivity contribution in [1.82, 2.24) is 40.3 Å². The molecule has 0 radical (unpaired) electrons. The van der Waals surface area contributed by atoms with Crippen LogP contribution in [0.2, 0.25) is 0 Å². The van der Waals surface area contributed by atoms with Crippen LogP contribution in [-0.2, 0) is 6.42 Å². The highest BCUT2D eigenvalue weighted by molar-refractivity contribution is 7.09. The standard InChI is InChI=1S/C12H14N8OS/c1-8-10(22-7-13-8)3-4-19(2)12(21)9-5-11(16-15-9)20-6-14-17-18-20/h5-7H,3-4H2,1-2H3,(H,15,16). The van der Waals surface area contributed by atoms with E-state index in [0.29, 0.717) is 18.1 Å². The summed E-state index contributed by atoms with van der Waals surface area (Å²) in [6.07, 6.45) is 2.20. The molecule has 9 nitrogen and oxygen atoms in total. The number of hydrogen-bond acceptors (Lipinski definition) is 7. The van der Waals surface area contributed by atoms with Crippen LogP contribution in [0.15, 0.2) is 17.9 Å². The second-order valence-corrected chi connectivity index (χ2v) is 5.67. The fourth-order valence-corrected chi connectivity index (χ4v) is 2.72. The van der Waals surface area contributed by atoms with Gasteiger partial charge in [-0.1, -0.05) is 0 Å². The van der Waals surface area contributed by atoms with Gasteiger partial charge in [-0.25, -0.2) is 4.98 Å². The number of nitrogens with zero attached hydrogens (tertiary/aromatic N) is 7. The molecule has 10 heteroatoms. The number of carbonyl (C=O) groups excluding carboxylic acids is 1. The number of hydrogen-bond donors (Lipinski definition) is 1. The molecule has 0 spiro atoms. The molecule has 0 aliphatic rings. The lowest BCUT2D eigenvalue weighted by Crippen LogP contribution is -2.29. The van der Waals surface area contributed by atoms with Crippen LogP contribution in [0.3, 0.4) is 0 Å². The molecular formula is C12H14N8OS. The van der Waals surface area contributed by atoms with Crippen molar-refractivity contribution in [2.75, 3.05) is 13.6 Å². The van der Waals surface area contributed by atoms with Gasteiger partial charge in [0.15, 0.2) is 5.82 Å². The molecule has 0 aliphatic carbocycles. The Balaban J connectivity index is 1.64. The Morgan fingerprint density at radius 3 is 3.05 bits per heavy atom. The number of likely N-dealkylation sites (N-methyl/N-ethyl adjacent to an activating group) is 1. The predicted molar refractivity (Wildman–Crippen MR) is 78.8 cm³/mol. The summed E-state index contributed by atoms with van der Waals surface area (Å²) >= 11 is 1.61. The Kier molecular flexibility index (Phi) is 3.92. The zero-order chi connectivity index (χ0) is 15.5. The SMILES string of the molecule is Cc1ncsc1CCN(C)C(=O)c1cc(-n2cnnn2)n[nH]1. The molecule has 114 valence electrons. The van der Waals surface area contributed by atoms with E-state index in [4.69, 9.17) is 0 Å². The van der Waals surface area contributed by atoms with Crippen LogP contribution in [0.5, 0.6) is 0 Å². The Hall–Kier alpha value is -2.62. The summed E-state index contributed by atoms with van der Waals surface area (Å²) < 4.78 is 1.38. The Morgan fingerprint density at radius 1 is 1.50 bits per heavy atom. The molecule has 1 N–H and O–H groups in total. The van der Waals surface area contributed by atoms with Crippen molar-refractivity contribution in [3.63, 3.8) is 0 Å². The van der Waals surface area contributed by atoms with Gasteiger partial charge in [0.05, 0.1) is 11.2 Å². The number of nitrogens with one attached hydrogen (secondary N) is 1. The smallest absolute Gasteiger partial charge is 0.271 e. The first kappa shape index (κ1) is 14.3. The van der Waals surface area contributed by atoms with Crippen molar-refractivity contribution < 1.29 is 4.79 Å². The van der Waals surface area contributed by atoms with E-state index in [-0.39, 0.29) is 5.91 Å². The van der Waals surface area contributed by atoms with Gasteiger partial charge in [-0.3, -0.25) is 9.89 Å². The molecule has 0 aromatic carbocycles. The van der Waals surface area contributed by atoms with Crippen molar-refractivity contribution in [1.29, 1.82) is 0 Å². The van der Waals surface area contributed by atoms with E-state index < -0.39 is 0 Å². The number of aromatic nitrogens is 7. The Morgan fingerprint density at radius 2 is 2.36 bits per heavy atom. The summed E-state index contributed by atoms with van der Waals surface area (Å²) in [5, 5.41) is 17.5. The van der Waals surface area contributed by atoms with Gasteiger partial charge in [-0.2, -0.15) is 9.78 Å². The zero-order valence-corrected chi connectivity index (χ0v) is 12.9. The second-order valence-electron chi connectivity index (χ2n) is 4.73. The number of thiazole rings is 1. The first-order chi connectivity index (χ1) is 10.6. The maximum absolute atomic E-state index is 12.4. The fourth-order valence-electron chi connectivity index (χ4n) is 1.95. The van der Waals surface area contributed by atoms with Crippen LogP contribution >= 0.6 is 11.3 Å². The molecule has 0 unspecified atom stereocenters. The molecule has 3 aromatic heterocycles. The lowest BCUT2D eigenvalue weighted by atomic mass is 10.3. The van der Waals surface area contributed by atoms with Crippen molar-refractivity contribution >= 4 is 17.2 Å². The van der Waals surface area contributed by atoms with E-state index in [1.54, 1.807) is 29.4 Å². The maximum Gasteiger partial charge on any atom is 0.271 e. The summed E-state index contributed by atoms with van der Waals surface area (Å²) in [7, 11) is 1.76. The molecule has 0 saturated carbocycles. The van der Waals surface area contributed by atoms with Crippen molar-refractivity contribution in [3.8, 4) is 5.82 Å². The number of carbonyl (C=O) groups is 1. The molecular weight excluding hydrogens is 304 g/mol. The zero-order valence-electron chi connectivity index (χ0n) is 12.1. The van der Waals surface area contributed by atoms with Crippen LogP contribution in [-0.4, -0.2) is 59.8 Å². The van der Waals surface area contributed by atoms with Gasteiger partial charge in [0.25, 0.3) is 5.91 Å². The molecule has 22 heavy (non-hydrogen) atoms. The summed E-state index contributed by atoms with van der Waals surface area (Å²) in [6.45, 7) is 2.59. The van der Waals surface area contributed by atoms with Crippen molar-refractivity contribution in [2.45, 2.75) is 13.3 Å². The number of amides is 1. The van der Waals surface area contributed by atoms with E-state index in [0.717, 1.165) is 12.1 Å². The summed E-state index contributed by atoms with van der Waals surface area (Å²) in [5.74, 6) is 0.342. The lowest BCUT2D eigenvalue weighted by Gasteiger charge is -2.15. The van der Waals surface area contributed by atoms with Crippen molar-refractivity contribution in [2.24, 2.45) is 0 Å². The van der Waals surface area contributed by atoms with Crippen LogP contribution in [0.4, 0.5) is 0 Å². The molecule has 3 aromatic rings. The molecule has 0 fully saturated rings. The van der Waals surface area contributed by atoms with E-state index in [1.165, 1.54) is 15.9 Å². The highest BCUT2D eigenvalue weighted by Crippen LogP contribution is 2.13. The Labute approximate surface area is 130 Å². The minimum absolute atomic E-state index is 0.131. The van der Waals surface area contributed by atoms with Crippen LogP contribution in [0, 0.1) is 6.92 Å². The summed E-state index contributed by atoms with van der Waals surface area (Å²) in [4.78, 5) is 19.4. The summed E-state index contributed by atoms with van der Waals surface area (Å²) in [6, 6.07) is 1.62. The average Bonchev–Trinajstić information content (AvgIpc) is 3.24. The van der Waals surface area contributed by atoms with E-state index in [1.807, 2.05) is 12.4 Å². The van der Waals surface area contributed by atoms with Crippen LogP contribution < -0.4 is 0 Å². The number of aryl methyl sites for hydroxylation is 1. The number of tetrazole rings is 1. The fraction of sp³-hybridized carbons (Fsp3) is 0.333. The second kappa shape index (κ2) is 6.02. The monoisotopic (exact) mass is 318 g/mol. The number of rotatable bonds is 5. The Bertz CT molecular complexity index is 762. The largest absolute Gasteiger partial charge is 0.340 e. The third-order valence-corrected chi connectivity index (χ3v) is 4.24. The van der Waals surface area contributed by atoms with E-state index >= 15 is 0 Å². The molecule has 0 aliphatic heterocycles. The highest BCUT2D eigenvalue weighted by atomic mass is 32.1. The van der Waals surface area contributed by atoms with Gasteiger partial charge in [0, 0.05) is 31.0 Å². The number of H-pyrrole nitrogens is 1. The number of aromatic amines is 1. The average molecular weight is 318 g/mol. The van der Waals surface area contributed by atoms with E-state index in [9.17, 15) is 4.79 Å². The predicted octanol–water partition coefficient (Wildman–Crippen LogP) is 0.465. The summed E-state index contributed by atoms with van der Waals surface area (Å²) in [5.41, 5.74) is 3.24. The minimum atomic E-state index is -0.131. The maximum atomic E-state index is 12.4. The topological polar surface area (TPSA) is 105 Å². The minimum Gasteiger partial charge on any atom is -0.340 e. The van der Waals surface area contributed by atoms with Gasteiger partial charge >= 0.3 is 0 Å². The van der Waals surface area contributed by atoms with Gasteiger partial charge < -0.3 is 4.90 Å². The molecule has 1 amide bonds. The quantitative estimate of drug-likeness (QED) is 0.733. The molecule has 3 heterocycles. The molecule has 0 bridgehead atoms. The molecule has 0 atom stereocenters. The highest BCUT2D eigenvalue weighted by Gasteiger charge is 2.16. The third-order valence-electron chi connectivity index (χ3n) is 3.24. The molecule has 3 rings (SSSR count). The third kappa shape index (κ3) is 2.86. The first-order valence-corrected chi connectivity index (χ1v) is 7.46. The normalized spacial score (nSPS) is 10.8. The molecule has 0 saturated heterocycles. The van der Waals surface area contributed by atoms with Gasteiger partial charge in [-0.05, 0) is 17.4 Å². The van der Waals surface area contributed by atoms with E-state index in [2.05, 4.69) is 30.7 Å². The van der Waals surface area contributed by atoms with Crippen LogP contribution in [0.1, 0.15) is 21.1 Å². The van der Waals surface area contributed by atoms with Gasteiger partial charge in [0.2, 0.25) is 0 Å².